The Bertz CT molecular complexity index is 753. The Morgan fingerprint density at radius 2 is 2.08 bits per heavy atom. The highest BCUT2D eigenvalue weighted by molar-refractivity contribution is 5.47. The number of nitrogens with zero attached hydrogens (tertiary/aromatic N) is 2. The molecule has 138 valence electrons. The molecule has 4 rings (SSSR count). The summed E-state index contributed by atoms with van der Waals surface area (Å²) in [6.45, 7) is 7.37. The lowest BCUT2D eigenvalue weighted by molar-refractivity contribution is 0.0529. The van der Waals surface area contributed by atoms with Crippen molar-refractivity contribution in [2.24, 2.45) is 0 Å². The lowest BCUT2D eigenvalue weighted by Crippen LogP contribution is -2.41. The Balaban J connectivity index is 1.37. The van der Waals surface area contributed by atoms with E-state index in [-0.39, 0.29) is 6.10 Å². The summed E-state index contributed by atoms with van der Waals surface area (Å²) >= 11 is 0. The zero-order valence-electron chi connectivity index (χ0n) is 15.1. The zero-order valence-corrected chi connectivity index (χ0v) is 15.1. The predicted molar refractivity (Wildman–Crippen MR) is 99.8 cm³/mol. The van der Waals surface area contributed by atoms with E-state index in [0.717, 1.165) is 55.7 Å². The van der Waals surface area contributed by atoms with E-state index in [4.69, 9.17) is 14.2 Å². The van der Waals surface area contributed by atoms with Gasteiger partial charge in [0.05, 0.1) is 12.7 Å². The third kappa shape index (κ3) is 3.92. The minimum atomic E-state index is 0.249. The minimum Gasteiger partial charge on any atom is -0.486 e. The first-order valence-electron chi connectivity index (χ1n) is 9.19. The van der Waals surface area contributed by atoms with Crippen LogP contribution in [-0.2, 0) is 17.8 Å². The monoisotopic (exact) mass is 355 g/mol. The molecular weight excluding hydrogens is 330 g/mol. The van der Waals surface area contributed by atoms with Crippen molar-refractivity contribution < 1.29 is 14.2 Å². The SMILES string of the molecule is C[C@@H]1CN(c2cc(CNCc3cccc4c3OCCO4)ccn2)CCO1. The number of rotatable bonds is 5. The van der Waals surface area contributed by atoms with Crippen molar-refractivity contribution >= 4 is 5.82 Å². The molecule has 2 aromatic rings. The van der Waals surface area contributed by atoms with Crippen LogP contribution in [0.3, 0.4) is 0 Å². The third-order valence-electron chi connectivity index (χ3n) is 4.67. The molecule has 2 aliphatic heterocycles. The Morgan fingerprint density at radius 1 is 1.15 bits per heavy atom. The van der Waals surface area contributed by atoms with Crippen molar-refractivity contribution in [1.29, 1.82) is 0 Å². The van der Waals surface area contributed by atoms with Gasteiger partial charge in [0, 0.05) is 37.9 Å². The lowest BCUT2D eigenvalue weighted by atomic mass is 10.1. The summed E-state index contributed by atoms with van der Waals surface area (Å²) in [5, 5.41) is 3.50. The Labute approximate surface area is 154 Å². The highest BCUT2D eigenvalue weighted by atomic mass is 16.6. The molecule has 1 saturated heterocycles. The topological polar surface area (TPSA) is 55.9 Å². The number of benzene rings is 1. The molecule has 1 atom stereocenters. The van der Waals surface area contributed by atoms with Gasteiger partial charge in [-0.1, -0.05) is 12.1 Å². The van der Waals surface area contributed by atoms with E-state index >= 15 is 0 Å². The van der Waals surface area contributed by atoms with Gasteiger partial charge in [0.15, 0.2) is 11.5 Å². The quantitative estimate of drug-likeness (QED) is 0.889. The summed E-state index contributed by atoms with van der Waals surface area (Å²) in [5.74, 6) is 2.72. The first-order valence-corrected chi connectivity index (χ1v) is 9.19. The van der Waals surface area contributed by atoms with Crippen LogP contribution < -0.4 is 19.7 Å². The molecule has 0 spiro atoms. The minimum absolute atomic E-state index is 0.249. The number of morpholine rings is 1. The van der Waals surface area contributed by atoms with Crippen LogP contribution in [0.25, 0.3) is 0 Å². The molecule has 26 heavy (non-hydrogen) atoms. The number of fused-ring (bicyclic) bond motifs is 1. The molecule has 0 saturated carbocycles. The number of aromatic nitrogens is 1. The van der Waals surface area contributed by atoms with Crippen LogP contribution in [0.1, 0.15) is 18.1 Å². The fourth-order valence-electron chi connectivity index (χ4n) is 3.38. The molecule has 3 heterocycles. The Morgan fingerprint density at radius 3 is 3.00 bits per heavy atom. The molecule has 1 aromatic carbocycles. The molecule has 1 aromatic heterocycles. The van der Waals surface area contributed by atoms with Crippen LogP contribution in [0.15, 0.2) is 36.5 Å². The van der Waals surface area contributed by atoms with Gasteiger partial charge in [0.2, 0.25) is 0 Å². The van der Waals surface area contributed by atoms with Crippen LogP contribution >= 0.6 is 0 Å². The number of hydrogen-bond acceptors (Lipinski definition) is 6. The maximum absolute atomic E-state index is 5.77. The smallest absolute Gasteiger partial charge is 0.165 e. The van der Waals surface area contributed by atoms with Gasteiger partial charge >= 0.3 is 0 Å². The van der Waals surface area contributed by atoms with Crippen molar-refractivity contribution in [3.05, 3.63) is 47.7 Å². The number of ether oxygens (including phenoxy) is 3. The first kappa shape index (κ1) is 17.1. The molecule has 1 fully saturated rings. The largest absolute Gasteiger partial charge is 0.486 e. The number of anilines is 1. The summed E-state index contributed by atoms with van der Waals surface area (Å²) in [5.41, 5.74) is 2.34. The second kappa shape index (κ2) is 7.93. The molecule has 6 nitrogen and oxygen atoms in total. The van der Waals surface area contributed by atoms with Crippen LogP contribution in [0.4, 0.5) is 5.82 Å². The number of pyridine rings is 1. The van der Waals surface area contributed by atoms with Gasteiger partial charge in [-0.3, -0.25) is 0 Å². The number of nitrogens with one attached hydrogen (secondary N) is 1. The third-order valence-corrected chi connectivity index (χ3v) is 4.67. The van der Waals surface area contributed by atoms with Crippen molar-refractivity contribution in [2.45, 2.75) is 26.1 Å². The maximum Gasteiger partial charge on any atom is 0.165 e. The molecular formula is C20H25N3O3. The van der Waals surface area contributed by atoms with Crippen molar-refractivity contribution in [3.8, 4) is 11.5 Å². The van der Waals surface area contributed by atoms with Gasteiger partial charge in [-0.15, -0.1) is 0 Å². The van der Waals surface area contributed by atoms with Gasteiger partial charge in [0.25, 0.3) is 0 Å². The summed E-state index contributed by atoms with van der Waals surface area (Å²) in [6.07, 6.45) is 2.13. The molecule has 6 heteroatoms. The van der Waals surface area contributed by atoms with Gasteiger partial charge < -0.3 is 24.4 Å². The first-order chi connectivity index (χ1) is 12.8. The van der Waals surface area contributed by atoms with E-state index in [0.29, 0.717) is 13.2 Å². The van der Waals surface area contributed by atoms with Gasteiger partial charge in [-0.05, 0) is 30.7 Å². The van der Waals surface area contributed by atoms with Crippen molar-refractivity contribution in [2.75, 3.05) is 37.8 Å². The highest BCUT2D eigenvalue weighted by Gasteiger charge is 2.18. The Kier molecular flexibility index (Phi) is 5.22. The Hall–Kier alpha value is -2.31. The normalized spacial score (nSPS) is 19.4. The zero-order chi connectivity index (χ0) is 17.8. The highest BCUT2D eigenvalue weighted by Crippen LogP contribution is 2.33. The fraction of sp³-hybridized carbons (Fsp3) is 0.450. The van der Waals surface area contributed by atoms with E-state index in [1.54, 1.807) is 0 Å². The second-order valence-electron chi connectivity index (χ2n) is 6.69. The van der Waals surface area contributed by atoms with E-state index in [9.17, 15) is 0 Å². The van der Waals surface area contributed by atoms with E-state index < -0.39 is 0 Å². The molecule has 0 aliphatic carbocycles. The van der Waals surface area contributed by atoms with Crippen LogP contribution in [0.5, 0.6) is 11.5 Å². The average Bonchev–Trinajstić information content (AvgIpc) is 2.68. The second-order valence-corrected chi connectivity index (χ2v) is 6.69. The lowest BCUT2D eigenvalue weighted by Gasteiger charge is -2.32. The summed E-state index contributed by atoms with van der Waals surface area (Å²) in [7, 11) is 0. The van der Waals surface area contributed by atoms with Gasteiger partial charge in [-0.2, -0.15) is 0 Å². The summed E-state index contributed by atoms with van der Waals surface area (Å²) in [6, 6.07) is 10.3. The standard InChI is InChI=1S/C20H25N3O3/c1-15-14-23(7-8-24-15)19-11-16(5-6-22-19)12-21-13-17-3-2-4-18-20(17)26-10-9-25-18/h2-6,11,15,21H,7-10,12-14H2,1H3/t15-/m1/s1. The number of para-hydroxylation sites is 1. The van der Waals surface area contributed by atoms with E-state index in [1.165, 1.54) is 5.56 Å². The maximum atomic E-state index is 5.77. The molecule has 0 unspecified atom stereocenters. The summed E-state index contributed by atoms with van der Waals surface area (Å²) < 4.78 is 17.0. The van der Waals surface area contributed by atoms with Crippen molar-refractivity contribution in [3.63, 3.8) is 0 Å². The van der Waals surface area contributed by atoms with Crippen LogP contribution in [0.2, 0.25) is 0 Å². The number of hydrogen-bond donors (Lipinski definition) is 1. The molecule has 0 radical (unpaired) electrons. The predicted octanol–water partition coefficient (Wildman–Crippen LogP) is 2.37. The fourth-order valence-corrected chi connectivity index (χ4v) is 3.38. The average molecular weight is 355 g/mol. The van der Waals surface area contributed by atoms with Gasteiger partial charge in [-0.25, -0.2) is 4.98 Å². The molecule has 1 N–H and O–H groups in total. The molecule has 2 aliphatic rings. The van der Waals surface area contributed by atoms with E-state index in [2.05, 4.69) is 40.3 Å². The van der Waals surface area contributed by atoms with Crippen molar-refractivity contribution in [1.82, 2.24) is 10.3 Å². The van der Waals surface area contributed by atoms with Gasteiger partial charge in [0.1, 0.15) is 19.0 Å². The molecule has 0 amide bonds. The van der Waals surface area contributed by atoms with E-state index in [1.807, 2.05) is 18.3 Å². The van der Waals surface area contributed by atoms with Crippen LogP contribution in [-0.4, -0.2) is 44.0 Å². The molecule has 0 bridgehead atoms. The van der Waals surface area contributed by atoms with Crippen LogP contribution in [0, 0.1) is 0 Å². The summed E-state index contributed by atoms with van der Waals surface area (Å²) in [4.78, 5) is 6.82.